The van der Waals surface area contributed by atoms with E-state index >= 15 is 0 Å². The highest BCUT2D eigenvalue weighted by Crippen LogP contribution is 2.23. The van der Waals surface area contributed by atoms with Crippen LogP contribution in [0.4, 0.5) is 5.88 Å². The average Bonchev–Trinajstić information content (AvgIpc) is 2.75. The Morgan fingerprint density at radius 2 is 2.00 bits per heavy atom. The second-order valence-corrected chi connectivity index (χ2v) is 6.83. The second kappa shape index (κ2) is 6.15. The zero-order chi connectivity index (χ0) is 15.6. The molecule has 118 valence electrons. The Labute approximate surface area is 125 Å². The van der Waals surface area contributed by atoms with Crippen LogP contribution >= 0.6 is 0 Å². The molecule has 1 aliphatic rings. The molecule has 1 fully saturated rings. The molecule has 1 saturated heterocycles. The van der Waals surface area contributed by atoms with E-state index in [0.29, 0.717) is 12.4 Å². The molecule has 21 heavy (non-hydrogen) atoms. The molecule has 2 heterocycles. The number of carbonyl (C=O) groups is 1. The normalized spacial score (nSPS) is 24.0. The molecule has 0 saturated carbocycles. The highest BCUT2D eigenvalue weighted by molar-refractivity contribution is 5.91. The van der Waals surface area contributed by atoms with Crippen LogP contribution in [0.3, 0.4) is 0 Å². The number of nitrogens with zero attached hydrogens (tertiary/aromatic N) is 2. The van der Waals surface area contributed by atoms with Gasteiger partial charge in [0.1, 0.15) is 0 Å². The summed E-state index contributed by atoms with van der Waals surface area (Å²) < 4.78 is 10.8. The predicted octanol–water partition coefficient (Wildman–Crippen LogP) is 2.02. The van der Waals surface area contributed by atoms with Crippen molar-refractivity contribution in [3.05, 3.63) is 11.8 Å². The minimum Gasteiger partial charge on any atom is -0.373 e. The molecule has 0 radical (unpaired) electrons. The quantitative estimate of drug-likeness (QED) is 0.924. The average molecular weight is 295 g/mol. The van der Waals surface area contributed by atoms with E-state index in [2.05, 4.69) is 15.4 Å². The van der Waals surface area contributed by atoms with Crippen LogP contribution in [-0.2, 0) is 14.9 Å². The van der Waals surface area contributed by atoms with Gasteiger partial charge in [-0.05, 0) is 13.8 Å². The number of aromatic nitrogens is 1. The molecule has 2 atom stereocenters. The summed E-state index contributed by atoms with van der Waals surface area (Å²) in [4.78, 5) is 14.2. The first kappa shape index (κ1) is 16.0. The molecule has 1 aromatic heterocycles. The van der Waals surface area contributed by atoms with Crippen molar-refractivity contribution in [2.75, 3.05) is 25.0 Å². The van der Waals surface area contributed by atoms with E-state index in [4.69, 9.17) is 9.26 Å². The molecule has 6 heteroatoms. The van der Waals surface area contributed by atoms with Gasteiger partial charge < -0.3 is 9.26 Å². The van der Waals surface area contributed by atoms with Crippen LogP contribution in [0.25, 0.3) is 0 Å². The largest absolute Gasteiger partial charge is 0.373 e. The number of nitrogens with one attached hydrogen (secondary N) is 1. The van der Waals surface area contributed by atoms with Crippen molar-refractivity contribution in [1.29, 1.82) is 0 Å². The van der Waals surface area contributed by atoms with Gasteiger partial charge in [-0.25, -0.2) is 0 Å². The van der Waals surface area contributed by atoms with Gasteiger partial charge in [-0.3, -0.25) is 15.0 Å². The van der Waals surface area contributed by atoms with E-state index in [1.165, 1.54) is 0 Å². The third kappa shape index (κ3) is 4.54. The van der Waals surface area contributed by atoms with Crippen molar-refractivity contribution in [3.63, 3.8) is 0 Å². The zero-order valence-electron chi connectivity index (χ0n) is 13.5. The summed E-state index contributed by atoms with van der Waals surface area (Å²) in [5.74, 6) is 0.312. The molecular weight excluding hydrogens is 270 g/mol. The first-order valence-corrected chi connectivity index (χ1v) is 7.39. The minimum absolute atomic E-state index is 0.0899. The lowest BCUT2D eigenvalue weighted by atomic mass is 9.92. The minimum atomic E-state index is -0.0957. The summed E-state index contributed by atoms with van der Waals surface area (Å²) in [5.41, 5.74) is 0.730. The van der Waals surface area contributed by atoms with Gasteiger partial charge in [0.2, 0.25) is 11.8 Å². The summed E-state index contributed by atoms with van der Waals surface area (Å²) in [6.45, 7) is 12.1. The van der Waals surface area contributed by atoms with Crippen molar-refractivity contribution in [1.82, 2.24) is 10.1 Å². The number of hydrogen-bond donors (Lipinski definition) is 1. The monoisotopic (exact) mass is 295 g/mol. The van der Waals surface area contributed by atoms with E-state index in [1.54, 1.807) is 6.07 Å². The van der Waals surface area contributed by atoms with Gasteiger partial charge in [-0.2, -0.15) is 0 Å². The second-order valence-electron chi connectivity index (χ2n) is 6.83. The van der Waals surface area contributed by atoms with E-state index in [-0.39, 0.29) is 23.5 Å². The standard InChI is InChI=1S/C15H25N3O3/c1-10-7-18(8-11(2)20-10)9-13(19)16-14-6-12(17-21-14)15(3,4)5/h6,10-11H,7-9H2,1-5H3,(H,16,19)/t10-,11-/m1/s1. The van der Waals surface area contributed by atoms with E-state index in [9.17, 15) is 4.79 Å². The fraction of sp³-hybridized carbons (Fsp3) is 0.733. The number of hydrogen-bond acceptors (Lipinski definition) is 5. The van der Waals surface area contributed by atoms with Gasteiger partial charge in [0.15, 0.2) is 0 Å². The van der Waals surface area contributed by atoms with Crippen molar-refractivity contribution >= 4 is 11.8 Å². The van der Waals surface area contributed by atoms with Crippen molar-refractivity contribution in [2.24, 2.45) is 0 Å². The van der Waals surface area contributed by atoms with Crippen LogP contribution in [0, 0.1) is 0 Å². The van der Waals surface area contributed by atoms with E-state index in [1.807, 2.05) is 34.6 Å². The number of anilines is 1. The summed E-state index contributed by atoms with van der Waals surface area (Å²) >= 11 is 0. The van der Waals surface area contributed by atoms with Crippen LogP contribution in [-0.4, -0.2) is 47.8 Å². The Kier molecular flexibility index (Phi) is 4.68. The van der Waals surface area contributed by atoms with Crippen LogP contribution in [0.5, 0.6) is 0 Å². The number of amides is 1. The maximum absolute atomic E-state index is 12.1. The van der Waals surface area contributed by atoms with Crippen LogP contribution < -0.4 is 5.32 Å². The fourth-order valence-electron chi connectivity index (χ4n) is 2.48. The maximum atomic E-state index is 12.1. The topological polar surface area (TPSA) is 67.6 Å². The molecule has 1 amide bonds. The Morgan fingerprint density at radius 1 is 1.38 bits per heavy atom. The fourth-order valence-corrected chi connectivity index (χ4v) is 2.48. The van der Waals surface area contributed by atoms with Crippen LogP contribution in [0.1, 0.15) is 40.3 Å². The van der Waals surface area contributed by atoms with Gasteiger partial charge in [0.05, 0.1) is 24.4 Å². The predicted molar refractivity (Wildman–Crippen MR) is 80.3 cm³/mol. The first-order valence-electron chi connectivity index (χ1n) is 7.39. The molecule has 0 bridgehead atoms. The van der Waals surface area contributed by atoms with Crippen molar-refractivity contribution < 1.29 is 14.1 Å². The number of ether oxygens (including phenoxy) is 1. The molecule has 0 aliphatic carbocycles. The maximum Gasteiger partial charge on any atom is 0.240 e. The number of morpholine rings is 1. The van der Waals surface area contributed by atoms with Gasteiger partial charge >= 0.3 is 0 Å². The number of carbonyl (C=O) groups excluding carboxylic acids is 1. The van der Waals surface area contributed by atoms with Crippen LogP contribution in [0.15, 0.2) is 10.6 Å². The summed E-state index contributed by atoms with van der Waals surface area (Å²) in [6.07, 6.45) is 0.304. The molecule has 1 aliphatic heterocycles. The molecule has 0 aromatic carbocycles. The van der Waals surface area contributed by atoms with E-state index < -0.39 is 0 Å². The highest BCUT2D eigenvalue weighted by atomic mass is 16.5. The first-order chi connectivity index (χ1) is 9.74. The number of rotatable bonds is 3. The third-order valence-corrected chi connectivity index (χ3v) is 3.40. The summed E-state index contributed by atoms with van der Waals surface area (Å²) in [5, 5.41) is 6.75. The Bertz CT molecular complexity index is 483. The summed E-state index contributed by atoms with van der Waals surface area (Å²) in [6, 6.07) is 1.78. The molecular formula is C15H25N3O3. The van der Waals surface area contributed by atoms with Gasteiger partial charge in [-0.1, -0.05) is 25.9 Å². The van der Waals surface area contributed by atoms with Crippen molar-refractivity contribution in [3.8, 4) is 0 Å². The molecule has 0 spiro atoms. The smallest absolute Gasteiger partial charge is 0.240 e. The van der Waals surface area contributed by atoms with E-state index in [0.717, 1.165) is 18.8 Å². The lowest BCUT2D eigenvalue weighted by Gasteiger charge is -2.34. The Hall–Kier alpha value is -1.40. The Balaban J connectivity index is 1.88. The molecule has 1 aromatic rings. The Morgan fingerprint density at radius 3 is 2.52 bits per heavy atom. The third-order valence-electron chi connectivity index (χ3n) is 3.40. The molecule has 1 N–H and O–H groups in total. The van der Waals surface area contributed by atoms with Gasteiger partial charge in [0.25, 0.3) is 0 Å². The van der Waals surface area contributed by atoms with Gasteiger partial charge in [0, 0.05) is 24.6 Å². The van der Waals surface area contributed by atoms with Crippen LogP contribution in [0.2, 0.25) is 0 Å². The molecule has 6 nitrogen and oxygen atoms in total. The lowest BCUT2D eigenvalue weighted by molar-refractivity contribution is -0.121. The zero-order valence-corrected chi connectivity index (χ0v) is 13.5. The van der Waals surface area contributed by atoms with Crippen molar-refractivity contribution in [2.45, 2.75) is 52.2 Å². The highest BCUT2D eigenvalue weighted by Gasteiger charge is 2.24. The molecule has 0 unspecified atom stereocenters. The molecule has 2 rings (SSSR count). The SMILES string of the molecule is C[C@@H]1CN(CC(=O)Nc2cc(C(C)(C)C)no2)C[C@@H](C)O1. The lowest BCUT2D eigenvalue weighted by Crippen LogP contribution is -2.48. The summed E-state index contributed by atoms with van der Waals surface area (Å²) in [7, 11) is 0. The van der Waals surface area contributed by atoms with Gasteiger partial charge in [-0.15, -0.1) is 0 Å².